The molecule has 0 fully saturated rings. The van der Waals surface area contributed by atoms with Crippen molar-refractivity contribution >= 4 is 46.5 Å². The van der Waals surface area contributed by atoms with Crippen molar-refractivity contribution in [3.8, 4) is 0 Å². The van der Waals surface area contributed by atoms with Crippen LogP contribution in [-0.2, 0) is 19.5 Å². The molecule has 0 amide bonds. The molecule has 0 radical (unpaired) electrons. The first kappa shape index (κ1) is 12.8. The molecule has 0 aliphatic heterocycles. The molecule has 0 aliphatic rings. The number of carbonyl (C=O) groups excluding carboxylic acids is 1. The maximum Gasteiger partial charge on any atom is 0.375 e. The number of hydrogen-bond donors (Lipinski definition) is 0. The van der Waals surface area contributed by atoms with E-state index < -0.39 is 14.7 Å². The van der Waals surface area contributed by atoms with Gasteiger partial charge in [0.2, 0.25) is 0 Å². The zero-order valence-electron chi connectivity index (χ0n) is 7.28. The number of benzene rings is 1. The molecule has 15 heavy (non-hydrogen) atoms. The molecule has 0 spiro atoms. The lowest BCUT2D eigenvalue weighted by molar-refractivity contribution is -0.139. The first-order valence-electron chi connectivity index (χ1n) is 3.74. The highest BCUT2D eigenvalue weighted by atomic mass is 79.9. The Bertz CT molecular complexity index is 383. The van der Waals surface area contributed by atoms with Crippen LogP contribution in [0.1, 0.15) is 15.9 Å². The zero-order valence-corrected chi connectivity index (χ0v) is 11.3. The Balaban J connectivity index is 2.85. The quantitative estimate of drug-likeness (QED) is 0.358. The molecule has 0 heterocycles. The third kappa shape index (κ3) is 3.65. The van der Waals surface area contributed by atoms with Crippen LogP contribution in [0, 0.1) is 0 Å². The fourth-order valence-electron chi connectivity index (χ4n) is 0.901. The topological polar surface area (TPSA) is 52.6 Å². The van der Waals surface area contributed by atoms with Gasteiger partial charge in [0.1, 0.15) is 0 Å². The van der Waals surface area contributed by atoms with Crippen molar-refractivity contribution in [2.45, 2.75) is 5.33 Å². The van der Waals surface area contributed by atoms with E-state index in [2.05, 4.69) is 41.4 Å². The van der Waals surface area contributed by atoms with Crippen LogP contribution in [-0.4, -0.2) is 5.97 Å². The van der Waals surface area contributed by atoms with Gasteiger partial charge in [0.05, 0.1) is 5.56 Å². The van der Waals surface area contributed by atoms with Crippen LogP contribution in [0.15, 0.2) is 22.7 Å². The highest BCUT2D eigenvalue weighted by Gasteiger charge is 2.13. The molecule has 4 nitrogen and oxygen atoms in total. The summed E-state index contributed by atoms with van der Waals surface area (Å²) in [5.41, 5.74) is 1.32. The molecule has 0 N–H and O–H groups in total. The largest absolute Gasteiger partial charge is 0.375 e. The van der Waals surface area contributed by atoms with Gasteiger partial charge in [-0.2, -0.15) is 0 Å². The minimum atomic E-state index is -0.702. The maximum atomic E-state index is 11.3. The molecular weight excluding hydrogens is 351 g/mol. The van der Waals surface area contributed by atoms with E-state index in [1.54, 1.807) is 18.2 Å². The summed E-state index contributed by atoms with van der Waals surface area (Å²) < 4.78 is 14.5. The summed E-state index contributed by atoms with van der Waals surface area (Å²) >= 11 is 6.51. The van der Waals surface area contributed by atoms with Crippen molar-refractivity contribution in [3.05, 3.63) is 33.8 Å². The van der Waals surface area contributed by atoms with E-state index in [4.69, 9.17) is 0 Å². The monoisotopic (exact) mass is 354 g/mol. The molecule has 0 unspecified atom stereocenters. The molecule has 80 valence electrons. The van der Waals surface area contributed by atoms with Gasteiger partial charge >= 0.3 is 14.7 Å². The fraction of sp³-hybridized carbons (Fsp3) is 0.125. The lowest BCUT2D eigenvalue weighted by Crippen LogP contribution is -2.03. The van der Waals surface area contributed by atoms with Gasteiger partial charge in [0.25, 0.3) is 0 Å². The van der Waals surface area contributed by atoms with Crippen molar-refractivity contribution in [1.29, 1.82) is 0 Å². The normalized spacial score (nSPS) is 10.3. The summed E-state index contributed by atoms with van der Waals surface area (Å²) in [5.74, 6) is -0.702. The number of halogens is 2. The van der Waals surface area contributed by atoms with Crippen LogP contribution in [0.5, 0.6) is 0 Å². The summed E-state index contributed by atoms with van der Waals surface area (Å²) in [4.78, 5) is 15.5. The standard InChI is InChI=1S/C8H5Br2O4P/c9-4-5-1-2-6(7(10)3-5)8(11)13-14-15-12/h1-3H,4H2. The van der Waals surface area contributed by atoms with Gasteiger partial charge in [-0.05, 0) is 33.6 Å². The van der Waals surface area contributed by atoms with Gasteiger partial charge in [-0.15, -0.1) is 0 Å². The summed E-state index contributed by atoms with van der Waals surface area (Å²) in [7, 11) is -0.702. The molecule has 0 aliphatic carbocycles. The molecule has 1 aromatic carbocycles. The van der Waals surface area contributed by atoms with Gasteiger partial charge in [0.15, 0.2) is 0 Å². The first-order chi connectivity index (χ1) is 7.19. The van der Waals surface area contributed by atoms with Crippen molar-refractivity contribution in [2.24, 2.45) is 0 Å². The minimum Gasteiger partial charge on any atom is -0.281 e. The Labute approximate surface area is 104 Å². The van der Waals surface area contributed by atoms with Crippen molar-refractivity contribution in [3.63, 3.8) is 0 Å². The predicted molar refractivity (Wildman–Crippen MR) is 60.9 cm³/mol. The van der Waals surface area contributed by atoms with Gasteiger partial charge < -0.3 is 0 Å². The summed E-state index contributed by atoms with van der Waals surface area (Å²) in [6.45, 7) is 0. The first-order valence-corrected chi connectivity index (χ1v) is 6.38. The van der Waals surface area contributed by atoms with Gasteiger partial charge in [-0.1, -0.05) is 26.7 Å². The lowest BCUT2D eigenvalue weighted by Gasteiger charge is -2.03. The Hall–Kier alpha value is -0.290. The molecule has 0 aromatic heterocycles. The summed E-state index contributed by atoms with van der Waals surface area (Å²) in [5, 5.41) is 0.691. The van der Waals surface area contributed by atoms with E-state index in [0.717, 1.165) is 5.56 Å². The Morgan fingerprint density at radius 1 is 1.47 bits per heavy atom. The van der Waals surface area contributed by atoms with Crippen molar-refractivity contribution in [2.75, 3.05) is 0 Å². The lowest BCUT2D eigenvalue weighted by atomic mass is 10.1. The average molecular weight is 356 g/mol. The van der Waals surface area contributed by atoms with E-state index in [1.165, 1.54) is 0 Å². The van der Waals surface area contributed by atoms with Crippen molar-refractivity contribution in [1.82, 2.24) is 0 Å². The van der Waals surface area contributed by atoms with E-state index in [-0.39, 0.29) is 0 Å². The minimum absolute atomic E-state index is 0.309. The Morgan fingerprint density at radius 2 is 2.20 bits per heavy atom. The Morgan fingerprint density at radius 3 is 2.73 bits per heavy atom. The number of hydrogen-bond acceptors (Lipinski definition) is 4. The van der Waals surface area contributed by atoms with E-state index in [0.29, 0.717) is 15.4 Å². The summed E-state index contributed by atoms with van der Waals surface area (Å²) in [6.07, 6.45) is 0. The van der Waals surface area contributed by atoms with Crippen molar-refractivity contribution < 1.29 is 18.9 Å². The third-order valence-electron chi connectivity index (χ3n) is 1.55. The molecule has 1 aromatic rings. The van der Waals surface area contributed by atoms with Crippen LogP contribution in [0.2, 0.25) is 0 Å². The molecule has 0 atom stereocenters. The van der Waals surface area contributed by atoms with Crippen LogP contribution in [0.25, 0.3) is 0 Å². The Kier molecular flexibility index (Phi) is 5.39. The second-order valence-electron chi connectivity index (χ2n) is 2.47. The smallest absolute Gasteiger partial charge is 0.281 e. The van der Waals surface area contributed by atoms with Crippen LogP contribution < -0.4 is 0 Å². The number of rotatable bonds is 4. The number of alkyl halides is 1. The van der Waals surface area contributed by atoms with E-state index in [9.17, 15) is 9.36 Å². The average Bonchev–Trinajstić information content (AvgIpc) is 2.25. The molecule has 7 heteroatoms. The molecule has 0 saturated heterocycles. The second kappa shape index (κ2) is 6.33. The predicted octanol–water partition coefficient (Wildman–Crippen LogP) is 3.64. The SMILES string of the molecule is O=POOC(=O)c1ccc(CBr)cc1Br. The van der Waals surface area contributed by atoms with Gasteiger partial charge in [-0.25, -0.2) is 9.36 Å². The zero-order chi connectivity index (χ0) is 11.3. The van der Waals surface area contributed by atoms with Crippen LogP contribution in [0.3, 0.4) is 0 Å². The highest BCUT2D eigenvalue weighted by molar-refractivity contribution is 9.10. The van der Waals surface area contributed by atoms with E-state index in [1.807, 2.05) is 0 Å². The molecule has 0 saturated carbocycles. The van der Waals surface area contributed by atoms with E-state index >= 15 is 0 Å². The second-order valence-corrected chi connectivity index (χ2v) is 4.18. The highest BCUT2D eigenvalue weighted by Crippen LogP contribution is 2.21. The van der Waals surface area contributed by atoms with Crippen LogP contribution >= 0.6 is 40.5 Å². The fourth-order valence-corrected chi connectivity index (χ4v) is 1.94. The van der Waals surface area contributed by atoms with Gasteiger partial charge in [-0.3, -0.25) is 4.89 Å². The molecule has 0 bridgehead atoms. The third-order valence-corrected chi connectivity index (χ3v) is 2.99. The van der Waals surface area contributed by atoms with Crippen LogP contribution in [0.4, 0.5) is 0 Å². The maximum absolute atomic E-state index is 11.3. The molecular formula is C8H5Br2O4P. The van der Waals surface area contributed by atoms with Gasteiger partial charge in [0, 0.05) is 9.80 Å². The number of carbonyl (C=O) groups is 1. The summed E-state index contributed by atoms with van der Waals surface area (Å²) in [6, 6.07) is 5.14. The molecule has 1 rings (SSSR count).